The Kier molecular flexibility index (Phi) is 4.63. The molecule has 0 aliphatic rings. The highest BCUT2D eigenvalue weighted by molar-refractivity contribution is 5.30. The van der Waals surface area contributed by atoms with Crippen LogP contribution in [0.3, 0.4) is 0 Å². The molecule has 0 aliphatic heterocycles. The van der Waals surface area contributed by atoms with E-state index in [1.807, 2.05) is 19.2 Å². The van der Waals surface area contributed by atoms with Gasteiger partial charge in [0, 0.05) is 6.04 Å². The zero-order valence-electron chi connectivity index (χ0n) is 10.1. The number of hydrogen-bond acceptors (Lipinski definition) is 2. The molecule has 0 fully saturated rings. The second-order valence-electron chi connectivity index (χ2n) is 3.87. The quantitative estimate of drug-likeness (QED) is 0.801. The van der Waals surface area contributed by atoms with E-state index in [0.29, 0.717) is 12.0 Å². The number of hydrogen-bond donors (Lipinski definition) is 1. The number of methoxy groups -OCH3 is 1. The Morgan fingerprint density at radius 1 is 1.27 bits per heavy atom. The summed E-state index contributed by atoms with van der Waals surface area (Å²) in [6, 6.07) is 8.87. The fourth-order valence-corrected chi connectivity index (χ4v) is 1.93. The van der Waals surface area contributed by atoms with E-state index in [9.17, 15) is 0 Å². The average Bonchev–Trinajstić information content (AvgIpc) is 2.30. The third-order valence-electron chi connectivity index (χ3n) is 3.04. The fraction of sp³-hybridized carbons (Fsp3) is 0.538. The first-order chi connectivity index (χ1) is 7.22. The van der Waals surface area contributed by atoms with Gasteiger partial charge in [0.05, 0.1) is 7.11 Å². The van der Waals surface area contributed by atoms with Crippen LogP contribution in [0.2, 0.25) is 0 Å². The molecule has 0 heterocycles. The Labute approximate surface area is 92.6 Å². The topological polar surface area (TPSA) is 21.3 Å². The van der Waals surface area contributed by atoms with E-state index in [2.05, 4.69) is 31.3 Å². The first kappa shape index (κ1) is 12.1. The minimum absolute atomic E-state index is 0.503. The molecule has 0 amide bonds. The van der Waals surface area contributed by atoms with Gasteiger partial charge in [0.15, 0.2) is 0 Å². The molecular formula is C13H21NO. The fourth-order valence-electron chi connectivity index (χ4n) is 1.93. The molecule has 1 aromatic carbocycles. The van der Waals surface area contributed by atoms with Crippen LogP contribution >= 0.6 is 0 Å². The minimum Gasteiger partial charge on any atom is -0.497 e. The van der Waals surface area contributed by atoms with Crippen LogP contribution < -0.4 is 10.1 Å². The van der Waals surface area contributed by atoms with Gasteiger partial charge < -0.3 is 10.1 Å². The summed E-state index contributed by atoms with van der Waals surface area (Å²) in [4.78, 5) is 0. The van der Waals surface area contributed by atoms with Gasteiger partial charge >= 0.3 is 0 Å². The standard InChI is InChI=1S/C13H21NO/c1-5-13(10(2)14-3)11-6-8-12(15-4)9-7-11/h6-10,13-14H,5H2,1-4H3. The molecule has 2 heteroatoms. The molecule has 0 saturated carbocycles. The van der Waals surface area contributed by atoms with Crippen molar-refractivity contribution < 1.29 is 4.74 Å². The van der Waals surface area contributed by atoms with Gasteiger partial charge in [-0.25, -0.2) is 0 Å². The molecule has 2 nitrogen and oxygen atoms in total. The van der Waals surface area contributed by atoms with Crippen molar-refractivity contribution in [2.45, 2.75) is 32.2 Å². The predicted octanol–water partition coefficient (Wildman–Crippen LogP) is 2.80. The van der Waals surface area contributed by atoms with Crippen LogP contribution in [-0.4, -0.2) is 20.2 Å². The van der Waals surface area contributed by atoms with Crippen LogP contribution in [0.4, 0.5) is 0 Å². The summed E-state index contributed by atoms with van der Waals surface area (Å²) in [5.74, 6) is 1.49. The zero-order valence-corrected chi connectivity index (χ0v) is 10.1. The molecule has 0 spiro atoms. The van der Waals surface area contributed by atoms with Gasteiger partial charge in [-0.15, -0.1) is 0 Å². The van der Waals surface area contributed by atoms with Gasteiger partial charge in [-0.05, 0) is 44.0 Å². The van der Waals surface area contributed by atoms with Crippen molar-refractivity contribution in [1.82, 2.24) is 5.32 Å². The van der Waals surface area contributed by atoms with Gasteiger partial charge in [0.25, 0.3) is 0 Å². The number of benzene rings is 1. The van der Waals surface area contributed by atoms with Crippen molar-refractivity contribution in [2.75, 3.05) is 14.2 Å². The Morgan fingerprint density at radius 3 is 2.27 bits per heavy atom. The lowest BCUT2D eigenvalue weighted by molar-refractivity contribution is 0.414. The van der Waals surface area contributed by atoms with Gasteiger partial charge in [-0.2, -0.15) is 0 Å². The van der Waals surface area contributed by atoms with Crippen molar-refractivity contribution in [2.24, 2.45) is 0 Å². The van der Waals surface area contributed by atoms with Gasteiger partial charge in [0.1, 0.15) is 5.75 Å². The summed E-state index contributed by atoms with van der Waals surface area (Å²) in [7, 11) is 3.71. The average molecular weight is 207 g/mol. The van der Waals surface area contributed by atoms with Crippen LogP contribution in [0.1, 0.15) is 31.7 Å². The summed E-state index contributed by atoms with van der Waals surface area (Å²) >= 11 is 0. The van der Waals surface area contributed by atoms with E-state index in [1.165, 1.54) is 5.56 Å². The largest absolute Gasteiger partial charge is 0.497 e. The Balaban J connectivity index is 2.83. The first-order valence-corrected chi connectivity index (χ1v) is 5.54. The van der Waals surface area contributed by atoms with E-state index in [1.54, 1.807) is 7.11 Å². The van der Waals surface area contributed by atoms with E-state index in [4.69, 9.17) is 4.74 Å². The number of likely N-dealkylation sites (N-methyl/N-ethyl adjacent to an activating group) is 1. The lowest BCUT2D eigenvalue weighted by Crippen LogP contribution is -2.28. The van der Waals surface area contributed by atoms with E-state index < -0.39 is 0 Å². The minimum atomic E-state index is 0.503. The molecule has 1 rings (SSSR count). The SMILES string of the molecule is CCC(c1ccc(OC)cc1)C(C)NC. The lowest BCUT2D eigenvalue weighted by atomic mass is 9.90. The van der Waals surface area contributed by atoms with Crippen LogP contribution in [0.25, 0.3) is 0 Å². The lowest BCUT2D eigenvalue weighted by Gasteiger charge is -2.22. The van der Waals surface area contributed by atoms with Crippen LogP contribution in [-0.2, 0) is 0 Å². The molecular weight excluding hydrogens is 186 g/mol. The molecule has 1 aromatic rings. The summed E-state index contributed by atoms with van der Waals surface area (Å²) in [6.07, 6.45) is 1.15. The molecule has 0 aromatic heterocycles. The van der Waals surface area contributed by atoms with Crippen molar-refractivity contribution in [3.05, 3.63) is 29.8 Å². The summed E-state index contributed by atoms with van der Waals surface area (Å²) in [5, 5.41) is 3.31. The Bertz CT molecular complexity index is 281. The van der Waals surface area contributed by atoms with Crippen molar-refractivity contribution in [3.8, 4) is 5.75 Å². The second kappa shape index (κ2) is 5.76. The molecule has 1 N–H and O–H groups in total. The highest BCUT2D eigenvalue weighted by Gasteiger charge is 2.15. The monoisotopic (exact) mass is 207 g/mol. The highest BCUT2D eigenvalue weighted by Crippen LogP contribution is 2.25. The molecule has 0 saturated heterocycles. The van der Waals surface area contributed by atoms with Crippen molar-refractivity contribution in [3.63, 3.8) is 0 Å². The Hall–Kier alpha value is -1.02. The van der Waals surface area contributed by atoms with Gasteiger partial charge in [-0.3, -0.25) is 0 Å². The number of rotatable bonds is 5. The van der Waals surface area contributed by atoms with Crippen LogP contribution in [0, 0.1) is 0 Å². The maximum atomic E-state index is 5.15. The van der Waals surface area contributed by atoms with Crippen LogP contribution in [0.15, 0.2) is 24.3 Å². The zero-order chi connectivity index (χ0) is 11.3. The maximum Gasteiger partial charge on any atom is 0.118 e. The van der Waals surface area contributed by atoms with E-state index in [-0.39, 0.29) is 0 Å². The van der Waals surface area contributed by atoms with Gasteiger partial charge in [-0.1, -0.05) is 19.1 Å². The highest BCUT2D eigenvalue weighted by atomic mass is 16.5. The molecule has 84 valence electrons. The molecule has 2 atom stereocenters. The molecule has 0 bridgehead atoms. The second-order valence-corrected chi connectivity index (χ2v) is 3.87. The molecule has 2 unspecified atom stereocenters. The Morgan fingerprint density at radius 2 is 1.87 bits per heavy atom. The summed E-state index contributed by atoms with van der Waals surface area (Å²) in [5.41, 5.74) is 1.38. The van der Waals surface area contributed by atoms with Crippen LogP contribution in [0.5, 0.6) is 5.75 Å². The third-order valence-corrected chi connectivity index (χ3v) is 3.04. The molecule has 15 heavy (non-hydrogen) atoms. The molecule has 0 aliphatic carbocycles. The first-order valence-electron chi connectivity index (χ1n) is 5.54. The molecule has 0 radical (unpaired) electrons. The predicted molar refractivity (Wildman–Crippen MR) is 64.5 cm³/mol. The van der Waals surface area contributed by atoms with E-state index >= 15 is 0 Å². The van der Waals surface area contributed by atoms with E-state index in [0.717, 1.165) is 12.2 Å². The van der Waals surface area contributed by atoms with Gasteiger partial charge in [0.2, 0.25) is 0 Å². The normalized spacial score (nSPS) is 14.7. The number of ether oxygens (including phenoxy) is 1. The number of nitrogens with one attached hydrogen (secondary N) is 1. The van der Waals surface area contributed by atoms with Crippen molar-refractivity contribution >= 4 is 0 Å². The maximum absolute atomic E-state index is 5.15. The smallest absolute Gasteiger partial charge is 0.118 e. The third kappa shape index (κ3) is 2.96. The summed E-state index contributed by atoms with van der Waals surface area (Å²) in [6.45, 7) is 4.45. The summed E-state index contributed by atoms with van der Waals surface area (Å²) < 4.78 is 5.15. The van der Waals surface area contributed by atoms with Crippen molar-refractivity contribution in [1.29, 1.82) is 0 Å².